The van der Waals surface area contributed by atoms with Gasteiger partial charge in [0.05, 0.1) is 25.2 Å². The van der Waals surface area contributed by atoms with Gasteiger partial charge < -0.3 is 9.47 Å². The minimum Gasteiger partial charge on any atom is -0.497 e. The van der Waals surface area contributed by atoms with Crippen LogP contribution in [0.4, 0.5) is 0 Å². The van der Waals surface area contributed by atoms with Crippen LogP contribution in [0.1, 0.15) is 41.7 Å². The fourth-order valence-electron chi connectivity index (χ4n) is 3.44. The fourth-order valence-corrected chi connectivity index (χ4v) is 5.11. The summed E-state index contributed by atoms with van der Waals surface area (Å²) in [6.45, 7) is 1.89. The zero-order chi connectivity index (χ0) is 19.6. The lowest BCUT2D eigenvalue weighted by Gasteiger charge is -2.26. The molecule has 0 N–H and O–H groups in total. The van der Waals surface area contributed by atoms with E-state index in [0.717, 1.165) is 12.0 Å². The highest BCUT2D eigenvalue weighted by Crippen LogP contribution is 2.41. The van der Waals surface area contributed by atoms with Gasteiger partial charge >= 0.3 is 0 Å². The third-order valence-electron chi connectivity index (χ3n) is 4.87. The van der Waals surface area contributed by atoms with Crippen LogP contribution in [0.25, 0.3) is 0 Å². The molecular formula is C20H23NO5S. The van der Waals surface area contributed by atoms with Crippen molar-refractivity contribution in [2.24, 2.45) is 0 Å². The first-order valence-corrected chi connectivity index (χ1v) is 10.2. The van der Waals surface area contributed by atoms with E-state index in [2.05, 4.69) is 0 Å². The average Bonchev–Trinajstić information content (AvgIpc) is 3.18. The molecule has 0 aliphatic carbocycles. The Balaban J connectivity index is 1.99. The van der Waals surface area contributed by atoms with Gasteiger partial charge in [-0.05, 0) is 50.1 Å². The Morgan fingerprint density at radius 3 is 2.37 bits per heavy atom. The van der Waals surface area contributed by atoms with Gasteiger partial charge in [0.15, 0.2) is 5.78 Å². The number of hydrogen-bond donors (Lipinski definition) is 0. The van der Waals surface area contributed by atoms with Crippen LogP contribution in [0.2, 0.25) is 0 Å². The summed E-state index contributed by atoms with van der Waals surface area (Å²) in [5, 5.41) is 0. The maximum atomic E-state index is 13.2. The highest BCUT2D eigenvalue weighted by molar-refractivity contribution is 7.89. The standard InChI is InChI=1S/C20H23NO5S/c1-14(22)15-6-9-17(10-7-15)27(23,24)21-12-4-5-19(21)18-13-16(25-2)8-11-20(18)26-3/h6-11,13,19H,4-5,12H2,1-3H3/t19-/m1/s1. The van der Waals surface area contributed by atoms with E-state index in [1.165, 1.54) is 23.4 Å². The summed E-state index contributed by atoms with van der Waals surface area (Å²) in [5.74, 6) is 1.19. The smallest absolute Gasteiger partial charge is 0.243 e. The summed E-state index contributed by atoms with van der Waals surface area (Å²) in [5.41, 5.74) is 1.28. The average molecular weight is 389 g/mol. The summed E-state index contributed by atoms with van der Waals surface area (Å²) in [4.78, 5) is 11.6. The third kappa shape index (κ3) is 3.70. The minimum atomic E-state index is -3.70. The van der Waals surface area contributed by atoms with Crippen molar-refractivity contribution in [3.8, 4) is 11.5 Å². The molecule has 0 spiro atoms. The number of ether oxygens (including phenoxy) is 2. The Morgan fingerprint density at radius 2 is 1.78 bits per heavy atom. The Bertz CT molecular complexity index is 937. The molecule has 1 saturated heterocycles. The van der Waals surface area contributed by atoms with E-state index in [1.54, 1.807) is 38.5 Å². The first kappa shape index (κ1) is 19.4. The first-order chi connectivity index (χ1) is 12.9. The summed E-state index contributed by atoms with van der Waals surface area (Å²) >= 11 is 0. The molecule has 1 aliphatic heterocycles. The van der Waals surface area contributed by atoms with Crippen molar-refractivity contribution in [3.05, 3.63) is 53.6 Å². The van der Waals surface area contributed by atoms with Crippen LogP contribution in [0.3, 0.4) is 0 Å². The lowest BCUT2D eigenvalue weighted by molar-refractivity contribution is 0.101. The lowest BCUT2D eigenvalue weighted by Crippen LogP contribution is -2.31. The van der Waals surface area contributed by atoms with Crippen molar-refractivity contribution < 1.29 is 22.7 Å². The number of ketones is 1. The molecule has 0 bridgehead atoms. The summed E-state index contributed by atoms with van der Waals surface area (Å²) in [6.07, 6.45) is 1.46. The number of Topliss-reactive ketones (excluding diaryl/α,β-unsaturated/α-hetero) is 1. The molecule has 0 radical (unpaired) electrons. The van der Waals surface area contributed by atoms with Crippen molar-refractivity contribution in [2.45, 2.75) is 30.7 Å². The van der Waals surface area contributed by atoms with Crippen LogP contribution < -0.4 is 9.47 Å². The predicted molar refractivity (Wildman–Crippen MR) is 102 cm³/mol. The summed E-state index contributed by atoms with van der Waals surface area (Å²) in [7, 11) is -0.554. The molecule has 27 heavy (non-hydrogen) atoms. The van der Waals surface area contributed by atoms with Crippen LogP contribution in [-0.4, -0.2) is 39.3 Å². The molecule has 0 unspecified atom stereocenters. The number of methoxy groups -OCH3 is 2. The monoisotopic (exact) mass is 389 g/mol. The van der Waals surface area contributed by atoms with Gasteiger partial charge in [-0.3, -0.25) is 4.79 Å². The molecule has 1 atom stereocenters. The number of hydrogen-bond acceptors (Lipinski definition) is 5. The summed E-state index contributed by atoms with van der Waals surface area (Å²) < 4.78 is 38.7. The van der Waals surface area contributed by atoms with E-state index < -0.39 is 10.0 Å². The maximum Gasteiger partial charge on any atom is 0.243 e. The van der Waals surface area contributed by atoms with E-state index in [4.69, 9.17) is 9.47 Å². The molecule has 2 aromatic rings. The van der Waals surface area contributed by atoms with Crippen molar-refractivity contribution in [1.82, 2.24) is 4.31 Å². The zero-order valence-electron chi connectivity index (χ0n) is 15.6. The molecule has 144 valence electrons. The molecule has 3 rings (SSSR count). The van der Waals surface area contributed by atoms with Crippen LogP contribution in [0, 0.1) is 0 Å². The molecule has 1 fully saturated rings. The quantitative estimate of drug-likeness (QED) is 0.708. The number of carbonyl (C=O) groups excluding carboxylic acids is 1. The van der Waals surface area contributed by atoms with Gasteiger partial charge in [0, 0.05) is 17.7 Å². The topological polar surface area (TPSA) is 72.9 Å². The Morgan fingerprint density at radius 1 is 1.07 bits per heavy atom. The van der Waals surface area contributed by atoms with Crippen LogP contribution in [0.5, 0.6) is 11.5 Å². The minimum absolute atomic E-state index is 0.0980. The number of rotatable bonds is 6. The van der Waals surface area contributed by atoms with Crippen molar-refractivity contribution >= 4 is 15.8 Å². The zero-order valence-corrected chi connectivity index (χ0v) is 16.5. The molecule has 1 heterocycles. The molecule has 2 aromatic carbocycles. The highest BCUT2D eigenvalue weighted by Gasteiger charge is 2.37. The fraction of sp³-hybridized carbons (Fsp3) is 0.350. The second kappa shape index (κ2) is 7.70. The predicted octanol–water partition coefficient (Wildman–Crippen LogP) is 3.43. The van der Waals surface area contributed by atoms with Crippen LogP contribution >= 0.6 is 0 Å². The van der Waals surface area contributed by atoms with E-state index in [-0.39, 0.29) is 16.7 Å². The SMILES string of the molecule is COc1ccc(OC)c([C@H]2CCCN2S(=O)(=O)c2ccc(C(C)=O)cc2)c1. The Labute approximate surface area is 159 Å². The second-order valence-corrected chi connectivity index (χ2v) is 8.35. The normalized spacial score (nSPS) is 17.7. The molecule has 0 aromatic heterocycles. The third-order valence-corrected chi connectivity index (χ3v) is 6.79. The van der Waals surface area contributed by atoms with Crippen LogP contribution in [0.15, 0.2) is 47.4 Å². The largest absolute Gasteiger partial charge is 0.497 e. The second-order valence-electron chi connectivity index (χ2n) is 6.46. The molecule has 0 amide bonds. The molecule has 1 aliphatic rings. The van der Waals surface area contributed by atoms with Crippen molar-refractivity contribution in [1.29, 1.82) is 0 Å². The van der Waals surface area contributed by atoms with Crippen molar-refractivity contribution in [2.75, 3.05) is 20.8 Å². The van der Waals surface area contributed by atoms with Crippen LogP contribution in [-0.2, 0) is 10.0 Å². The van der Waals surface area contributed by atoms with E-state index in [0.29, 0.717) is 30.0 Å². The number of sulfonamides is 1. The Kier molecular flexibility index (Phi) is 5.53. The molecule has 7 heteroatoms. The molecular weight excluding hydrogens is 366 g/mol. The molecule has 6 nitrogen and oxygen atoms in total. The number of benzene rings is 2. The first-order valence-electron chi connectivity index (χ1n) is 8.73. The van der Waals surface area contributed by atoms with Gasteiger partial charge in [0.25, 0.3) is 0 Å². The van der Waals surface area contributed by atoms with Gasteiger partial charge in [-0.15, -0.1) is 0 Å². The van der Waals surface area contributed by atoms with Gasteiger partial charge in [0.1, 0.15) is 11.5 Å². The van der Waals surface area contributed by atoms with Gasteiger partial charge in [-0.1, -0.05) is 12.1 Å². The van der Waals surface area contributed by atoms with Gasteiger partial charge in [-0.25, -0.2) is 8.42 Å². The Hall–Kier alpha value is -2.38. The number of carbonyl (C=O) groups is 1. The maximum absolute atomic E-state index is 13.2. The van der Waals surface area contributed by atoms with Crippen molar-refractivity contribution in [3.63, 3.8) is 0 Å². The van der Waals surface area contributed by atoms with E-state index in [1.807, 2.05) is 6.07 Å². The van der Waals surface area contributed by atoms with E-state index >= 15 is 0 Å². The van der Waals surface area contributed by atoms with Gasteiger partial charge in [-0.2, -0.15) is 4.31 Å². The van der Waals surface area contributed by atoms with Gasteiger partial charge in [0.2, 0.25) is 10.0 Å². The number of nitrogens with zero attached hydrogens (tertiary/aromatic N) is 1. The summed E-state index contributed by atoms with van der Waals surface area (Å²) in [6, 6.07) is 11.2. The highest BCUT2D eigenvalue weighted by atomic mass is 32.2. The van der Waals surface area contributed by atoms with E-state index in [9.17, 15) is 13.2 Å². The molecule has 0 saturated carbocycles. The lowest BCUT2D eigenvalue weighted by atomic mass is 10.0.